The molecule has 0 saturated carbocycles. The van der Waals surface area contributed by atoms with E-state index in [2.05, 4.69) is 40.7 Å². The topological polar surface area (TPSA) is 52.8 Å². The Bertz CT molecular complexity index is 1270. The fraction of sp³-hybridized carbons (Fsp3) is 0.217. The molecule has 0 spiro atoms. The Balaban J connectivity index is 1.74. The number of rotatable bonds is 5. The van der Waals surface area contributed by atoms with Crippen LogP contribution in [0.4, 0.5) is 0 Å². The molecule has 3 aromatic carbocycles. The van der Waals surface area contributed by atoms with Gasteiger partial charge in [0.2, 0.25) is 0 Å². The summed E-state index contributed by atoms with van der Waals surface area (Å²) in [6.07, 6.45) is 0.207. The van der Waals surface area contributed by atoms with Crippen molar-refractivity contribution >= 4 is 38.2 Å². The molecule has 0 atom stereocenters. The first-order valence-corrected chi connectivity index (χ1v) is 10.3. The number of aryl methyl sites for hydroxylation is 1. The molecule has 4 rings (SSSR count). The molecule has 1 amide bonds. The number of fused-ring (bicyclic) bond motifs is 3. The van der Waals surface area contributed by atoms with Crippen molar-refractivity contribution in [2.45, 2.75) is 19.9 Å². The summed E-state index contributed by atoms with van der Waals surface area (Å²) in [5, 5.41) is 2.37. The summed E-state index contributed by atoms with van der Waals surface area (Å²) in [4.78, 5) is 17.9. The van der Waals surface area contributed by atoms with Gasteiger partial charge in [0.05, 0.1) is 30.9 Å². The molecule has 0 aliphatic heterocycles. The first-order valence-electron chi connectivity index (χ1n) is 9.44. The van der Waals surface area contributed by atoms with Gasteiger partial charge in [-0.15, -0.1) is 0 Å². The predicted molar refractivity (Wildman–Crippen MR) is 117 cm³/mol. The molecule has 1 aromatic heterocycles. The molecule has 5 nitrogen and oxygen atoms in total. The van der Waals surface area contributed by atoms with Crippen LogP contribution in [0.15, 0.2) is 59.6 Å². The van der Waals surface area contributed by atoms with Crippen LogP contribution < -0.4 is 14.3 Å². The van der Waals surface area contributed by atoms with Crippen molar-refractivity contribution < 1.29 is 14.3 Å². The van der Waals surface area contributed by atoms with Crippen LogP contribution in [-0.2, 0) is 17.8 Å². The zero-order valence-corrected chi connectivity index (χ0v) is 17.5. The molecule has 0 fully saturated rings. The Morgan fingerprint density at radius 2 is 1.83 bits per heavy atom. The third kappa shape index (κ3) is 3.63. The Morgan fingerprint density at radius 3 is 2.59 bits per heavy atom. The standard InChI is InChI=1S/C23H22N2O3S/c1-4-25-18-11-10-16-7-5-6-8-17(16)22(18)29-23(25)24-21(26)14-15-9-12-19(27-2)20(13-15)28-3/h5-13H,4,14H2,1-3H3. The summed E-state index contributed by atoms with van der Waals surface area (Å²) in [5.74, 6) is 1.06. The average Bonchev–Trinajstić information content (AvgIpc) is 3.10. The minimum Gasteiger partial charge on any atom is -0.493 e. The van der Waals surface area contributed by atoms with E-state index in [1.165, 1.54) is 10.8 Å². The average molecular weight is 407 g/mol. The van der Waals surface area contributed by atoms with Crippen molar-refractivity contribution in [2.24, 2.45) is 4.99 Å². The van der Waals surface area contributed by atoms with Crippen molar-refractivity contribution in [2.75, 3.05) is 14.2 Å². The number of hydrogen-bond donors (Lipinski definition) is 0. The molecular formula is C23H22N2O3S. The molecule has 29 heavy (non-hydrogen) atoms. The Morgan fingerprint density at radius 1 is 1.03 bits per heavy atom. The van der Waals surface area contributed by atoms with Crippen LogP contribution in [0.2, 0.25) is 0 Å². The molecule has 6 heteroatoms. The lowest BCUT2D eigenvalue weighted by Crippen LogP contribution is -2.16. The number of aromatic nitrogens is 1. The number of ether oxygens (including phenoxy) is 2. The Hall–Kier alpha value is -3.12. The second-order valence-electron chi connectivity index (χ2n) is 6.64. The monoisotopic (exact) mass is 406 g/mol. The molecule has 4 aromatic rings. The van der Waals surface area contributed by atoms with Gasteiger partial charge in [0.1, 0.15) is 0 Å². The van der Waals surface area contributed by atoms with Crippen LogP contribution in [0.3, 0.4) is 0 Å². The van der Waals surface area contributed by atoms with Gasteiger partial charge in [-0.25, -0.2) is 0 Å². The van der Waals surface area contributed by atoms with E-state index in [9.17, 15) is 4.79 Å². The second-order valence-corrected chi connectivity index (χ2v) is 7.61. The van der Waals surface area contributed by atoms with Crippen molar-refractivity contribution in [3.05, 3.63) is 65.0 Å². The molecule has 0 aliphatic carbocycles. The van der Waals surface area contributed by atoms with Gasteiger partial charge in [-0.2, -0.15) is 4.99 Å². The van der Waals surface area contributed by atoms with Gasteiger partial charge >= 0.3 is 0 Å². The molecule has 0 saturated heterocycles. The Kier molecular flexibility index (Phi) is 5.36. The smallest absolute Gasteiger partial charge is 0.252 e. The number of benzene rings is 3. The molecule has 0 aliphatic rings. The number of hydrogen-bond acceptors (Lipinski definition) is 4. The molecular weight excluding hydrogens is 384 g/mol. The van der Waals surface area contributed by atoms with E-state index < -0.39 is 0 Å². The first-order chi connectivity index (χ1) is 14.1. The maximum absolute atomic E-state index is 12.7. The number of carbonyl (C=O) groups excluding carboxylic acids is 1. The lowest BCUT2D eigenvalue weighted by Gasteiger charge is -2.08. The number of nitrogens with zero attached hydrogens (tertiary/aromatic N) is 2. The molecule has 1 heterocycles. The summed E-state index contributed by atoms with van der Waals surface area (Å²) in [6.45, 7) is 2.82. The van der Waals surface area contributed by atoms with E-state index in [4.69, 9.17) is 9.47 Å². The summed E-state index contributed by atoms with van der Waals surface area (Å²) < 4.78 is 13.8. The highest BCUT2D eigenvalue weighted by molar-refractivity contribution is 7.17. The lowest BCUT2D eigenvalue weighted by atomic mass is 10.1. The van der Waals surface area contributed by atoms with Gasteiger partial charge in [0.15, 0.2) is 16.3 Å². The summed E-state index contributed by atoms with van der Waals surface area (Å²) in [6, 6.07) is 18.0. The zero-order chi connectivity index (χ0) is 20.4. The minimum absolute atomic E-state index is 0.185. The molecule has 0 bridgehead atoms. The first kappa shape index (κ1) is 19.2. The highest BCUT2D eigenvalue weighted by Crippen LogP contribution is 2.29. The van der Waals surface area contributed by atoms with Crippen LogP contribution in [-0.4, -0.2) is 24.7 Å². The fourth-order valence-electron chi connectivity index (χ4n) is 3.50. The van der Waals surface area contributed by atoms with E-state index in [0.29, 0.717) is 11.5 Å². The van der Waals surface area contributed by atoms with E-state index >= 15 is 0 Å². The van der Waals surface area contributed by atoms with Crippen molar-refractivity contribution in [3.63, 3.8) is 0 Å². The third-order valence-electron chi connectivity index (χ3n) is 4.91. The van der Waals surface area contributed by atoms with Crippen molar-refractivity contribution in [1.29, 1.82) is 0 Å². The SMILES string of the molecule is CCn1c(=NC(=O)Cc2ccc(OC)c(OC)c2)sc2c3ccccc3ccc21. The quantitative estimate of drug-likeness (QED) is 0.488. The molecule has 0 radical (unpaired) electrons. The van der Waals surface area contributed by atoms with Crippen LogP contribution in [0.5, 0.6) is 11.5 Å². The Labute approximate surface area is 172 Å². The highest BCUT2D eigenvalue weighted by Gasteiger charge is 2.11. The van der Waals surface area contributed by atoms with Gasteiger partial charge in [0, 0.05) is 11.9 Å². The fourth-order valence-corrected chi connectivity index (χ4v) is 4.75. The maximum Gasteiger partial charge on any atom is 0.252 e. The minimum atomic E-state index is -0.185. The summed E-state index contributed by atoms with van der Waals surface area (Å²) >= 11 is 1.56. The maximum atomic E-state index is 12.7. The normalized spacial score (nSPS) is 11.9. The van der Waals surface area contributed by atoms with Gasteiger partial charge in [0.25, 0.3) is 5.91 Å². The van der Waals surface area contributed by atoms with E-state index in [1.807, 2.05) is 24.3 Å². The molecule has 148 valence electrons. The van der Waals surface area contributed by atoms with Gasteiger partial charge in [-0.3, -0.25) is 4.79 Å². The lowest BCUT2D eigenvalue weighted by molar-refractivity contribution is -0.117. The highest BCUT2D eigenvalue weighted by atomic mass is 32.1. The van der Waals surface area contributed by atoms with Crippen molar-refractivity contribution in [3.8, 4) is 11.5 Å². The second kappa shape index (κ2) is 8.09. The van der Waals surface area contributed by atoms with Gasteiger partial charge < -0.3 is 14.0 Å². The third-order valence-corrected chi connectivity index (χ3v) is 6.04. The van der Waals surface area contributed by atoms with Crippen LogP contribution in [0.25, 0.3) is 21.0 Å². The van der Waals surface area contributed by atoms with Crippen LogP contribution in [0, 0.1) is 0 Å². The number of methoxy groups -OCH3 is 2. The van der Waals surface area contributed by atoms with E-state index in [1.54, 1.807) is 31.6 Å². The summed E-state index contributed by atoms with van der Waals surface area (Å²) in [7, 11) is 3.17. The van der Waals surface area contributed by atoms with Crippen molar-refractivity contribution in [1.82, 2.24) is 4.57 Å². The number of carbonyl (C=O) groups is 1. The molecule has 0 N–H and O–H groups in total. The van der Waals surface area contributed by atoms with Gasteiger partial charge in [-0.05, 0) is 36.1 Å². The summed E-state index contributed by atoms with van der Waals surface area (Å²) in [5.41, 5.74) is 1.94. The van der Waals surface area contributed by atoms with Crippen LogP contribution >= 0.6 is 11.3 Å². The van der Waals surface area contributed by atoms with E-state index in [0.717, 1.165) is 27.1 Å². The van der Waals surface area contributed by atoms with Crippen LogP contribution in [0.1, 0.15) is 12.5 Å². The van der Waals surface area contributed by atoms with E-state index in [-0.39, 0.29) is 12.3 Å². The molecule has 0 unspecified atom stereocenters. The largest absolute Gasteiger partial charge is 0.493 e. The number of thiazole rings is 1. The number of amides is 1. The zero-order valence-electron chi connectivity index (χ0n) is 16.6. The predicted octanol–water partition coefficient (Wildman–Crippen LogP) is 4.56. The van der Waals surface area contributed by atoms with Gasteiger partial charge in [-0.1, -0.05) is 47.7 Å².